The number of carbonyl (C=O) groups is 3. The van der Waals surface area contributed by atoms with Crippen molar-refractivity contribution in [1.82, 2.24) is 0 Å². The van der Waals surface area contributed by atoms with Crippen LogP contribution in [0.2, 0.25) is 0 Å². The quantitative estimate of drug-likeness (QED) is 0.0642. The SMILES string of the molecule is CCCCCc1c(CO)cc([C@H]2C#C[C@H]3CC(=O)Oc4cc(O)c(cc43)C[C@H]3OC(=O)/C(=C\CCc4cccc(c4)C[C@H]4C[C@H](CCC4=O)[C@]3(C)O)C2)cc1NC[C@H](C)O. The lowest BCUT2D eigenvalue weighted by molar-refractivity contribution is -0.170. The third-order valence-corrected chi connectivity index (χ3v) is 13.0. The molecular formula is C50H59NO9. The Kier molecular flexibility index (Phi) is 13.5. The van der Waals surface area contributed by atoms with Gasteiger partial charge in [0.2, 0.25) is 0 Å². The molecule has 0 unspecified atom stereocenters. The second-order valence-electron chi connectivity index (χ2n) is 17.6. The number of fused-ring (bicyclic) bond motifs is 8. The molecule has 0 radical (unpaired) electrons. The van der Waals surface area contributed by atoms with Crippen molar-refractivity contribution in [2.24, 2.45) is 11.8 Å². The van der Waals surface area contributed by atoms with Crippen LogP contribution in [0.15, 0.2) is 60.2 Å². The van der Waals surface area contributed by atoms with Gasteiger partial charge in [0.1, 0.15) is 29.0 Å². The van der Waals surface area contributed by atoms with Crippen molar-refractivity contribution in [2.45, 2.75) is 140 Å². The van der Waals surface area contributed by atoms with Crippen molar-refractivity contribution in [3.8, 4) is 23.3 Å². The molecule has 5 N–H and O–H groups in total. The summed E-state index contributed by atoms with van der Waals surface area (Å²) in [5.41, 5.74) is 5.15. The number of hydrogen-bond acceptors (Lipinski definition) is 10. The van der Waals surface area contributed by atoms with Crippen LogP contribution in [0.4, 0.5) is 5.69 Å². The fourth-order valence-corrected chi connectivity index (χ4v) is 9.50. The van der Waals surface area contributed by atoms with Gasteiger partial charge in [0.15, 0.2) is 0 Å². The highest BCUT2D eigenvalue weighted by molar-refractivity contribution is 5.89. The second-order valence-corrected chi connectivity index (χ2v) is 17.6. The molecule has 3 aliphatic heterocycles. The number of anilines is 1. The Bertz CT molecular complexity index is 2190. The molecule has 3 aromatic carbocycles. The number of unbranched alkanes of at least 4 members (excludes halogenated alkanes) is 2. The van der Waals surface area contributed by atoms with Crippen molar-refractivity contribution in [2.75, 3.05) is 11.9 Å². The Morgan fingerprint density at radius 3 is 2.55 bits per heavy atom. The Balaban J connectivity index is 1.40. The van der Waals surface area contributed by atoms with Crippen molar-refractivity contribution < 1.29 is 44.3 Å². The average Bonchev–Trinajstić information content (AvgIpc) is 3.22. The van der Waals surface area contributed by atoms with Crippen LogP contribution in [-0.4, -0.2) is 62.5 Å². The maximum Gasteiger partial charge on any atom is 0.334 e. The number of phenolic OH excluding ortho intramolecular Hbond substituents is 1. The summed E-state index contributed by atoms with van der Waals surface area (Å²) in [6, 6.07) is 15.3. The molecule has 8 bridgehead atoms. The minimum atomic E-state index is -1.60. The molecule has 0 saturated heterocycles. The van der Waals surface area contributed by atoms with E-state index in [9.17, 15) is 34.8 Å². The van der Waals surface area contributed by atoms with Gasteiger partial charge >= 0.3 is 11.9 Å². The molecule has 10 heteroatoms. The number of esters is 2. The number of aliphatic hydroxyl groups is 3. The van der Waals surface area contributed by atoms with Gasteiger partial charge in [-0.25, -0.2) is 4.79 Å². The first-order chi connectivity index (χ1) is 28.8. The summed E-state index contributed by atoms with van der Waals surface area (Å²) in [5, 5.41) is 48.5. The molecule has 1 saturated carbocycles. The van der Waals surface area contributed by atoms with Crippen LogP contribution in [-0.2, 0) is 51.4 Å². The summed E-state index contributed by atoms with van der Waals surface area (Å²) in [7, 11) is 0. The van der Waals surface area contributed by atoms with E-state index in [1.54, 1.807) is 19.9 Å². The van der Waals surface area contributed by atoms with Gasteiger partial charge < -0.3 is 35.2 Å². The van der Waals surface area contributed by atoms with E-state index in [1.807, 2.05) is 36.4 Å². The van der Waals surface area contributed by atoms with Crippen LogP contribution < -0.4 is 10.1 Å². The lowest BCUT2D eigenvalue weighted by Crippen LogP contribution is -2.52. The van der Waals surface area contributed by atoms with E-state index in [2.05, 4.69) is 30.1 Å². The zero-order valence-corrected chi connectivity index (χ0v) is 35.1. The topological polar surface area (TPSA) is 163 Å². The lowest BCUT2D eigenvalue weighted by atomic mass is 9.68. The predicted molar refractivity (Wildman–Crippen MR) is 229 cm³/mol. The maximum atomic E-state index is 14.8. The number of ether oxygens (including phenoxy) is 2. The number of benzene rings is 3. The standard InChI is InChI=1S/C50H59NO9/c1-4-5-6-13-41-39(29-52)21-36(24-43(41)51-28-30(2)53)33-14-15-34-26-48(56)59-46-27-45(55)38(23-42(34)46)25-47-50(3,58)40-16-17-44(54)37(22-40)19-32-11-7-9-31(18-32)10-8-12-35(20-33)49(57)60-47/h7,9,11-12,18,21,23-24,27,30,33-34,37,40,47,51-53,55,58H,4-6,8,10,13,16-17,19-20,22,25-26,28-29H2,1-3H3/b35-12-/t30-,33-,34-,37-,40-,47+,50-/m0/s1. The van der Waals surface area contributed by atoms with Crippen LogP contribution in [0.1, 0.15) is 129 Å². The third-order valence-electron chi connectivity index (χ3n) is 13.0. The monoisotopic (exact) mass is 817 g/mol. The number of rotatable bonds is 9. The normalized spacial score (nSPS) is 26.9. The Hall–Kier alpha value is -4.95. The molecule has 7 atom stereocenters. The molecule has 3 heterocycles. The summed E-state index contributed by atoms with van der Waals surface area (Å²) in [5.74, 6) is 4.04. The Morgan fingerprint density at radius 1 is 0.967 bits per heavy atom. The van der Waals surface area contributed by atoms with Crippen LogP contribution in [0.3, 0.4) is 0 Å². The number of allylic oxidation sites excluding steroid dienone is 1. The maximum absolute atomic E-state index is 14.8. The summed E-state index contributed by atoms with van der Waals surface area (Å²) in [6.45, 7) is 5.59. The molecular weight excluding hydrogens is 759 g/mol. The highest BCUT2D eigenvalue weighted by Gasteiger charge is 2.46. The Labute approximate surface area is 353 Å². The third kappa shape index (κ3) is 9.81. The lowest BCUT2D eigenvalue weighted by Gasteiger charge is -2.42. The minimum absolute atomic E-state index is 0.0216. The van der Waals surface area contributed by atoms with Gasteiger partial charge in [-0.3, -0.25) is 9.59 Å². The summed E-state index contributed by atoms with van der Waals surface area (Å²) >= 11 is 0. The van der Waals surface area contributed by atoms with E-state index in [0.29, 0.717) is 55.2 Å². The van der Waals surface area contributed by atoms with Crippen molar-refractivity contribution >= 4 is 23.4 Å². The molecule has 1 aliphatic carbocycles. The highest BCUT2D eigenvalue weighted by atomic mass is 16.6. The molecule has 0 aromatic heterocycles. The molecule has 60 heavy (non-hydrogen) atoms. The number of carbonyl (C=O) groups excluding carboxylic acids is 3. The highest BCUT2D eigenvalue weighted by Crippen LogP contribution is 2.44. The van der Waals surface area contributed by atoms with Gasteiger partial charge in [-0.05, 0) is 117 Å². The summed E-state index contributed by atoms with van der Waals surface area (Å²) in [6.07, 6.45) is 6.76. The first-order valence-corrected chi connectivity index (χ1v) is 21.8. The van der Waals surface area contributed by atoms with Gasteiger partial charge in [0, 0.05) is 54.1 Å². The van der Waals surface area contributed by atoms with E-state index in [4.69, 9.17) is 9.47 Å². The fraction of sp³-hybridized carbons (Fsp3) is 0.500. The molecule has 0 spiro atoms. The molecule has 10 nitrogen and oxygen atoms in total. The van der Waals surface area contributed by atoms with Gasteiger partial charge in [-0.2, -0.15) is 0 Å². The van der Waals surface area contributed by atoms with E-state index < -0.39 is 41.6 Å². The molecule has 7 rings (SSSR count). The second kappa shape index (κ2) is 18.8. The van der Waals surface area contributed by atoms with E-state index in [1.165, 1.54) is 6.07 Å². The van der Waals surface area contributed by atoms with Crippen LogP contribution >= 0.6 is 0 Å². The first-order valence-electron chi connectivity index (χ1n) is 21.8. The smallest absolute Gasteiger partial charge is 0.334 e. The molecule has 318 valence electrons. The van der Waals surface area contributed by atoms with Crippen LogP contribution in [0.5, 0.6) is 11.5 Å². The predicted octanol–water partition coefficient (Wildman–Crippen LogP) is 7.30. The zero-order chi connectivity index (χ0) is 42.6. The van der Waals surface area contributed by atoms with Crippen LogP contribution in [0.25, 0.3) is 0 Å². The summed E-state index contributed by atoms with van der Waals surface area (Å²) < 4.78 is 12.1. The largest absolute Gasteiger partial charge is 0.508 e. The fourth-order valence-electron chi connectivity index (χ4n) is 9.50. The number of aliphatic hydroxyl groups excluding tert-OH is 2. The van der Waals surface area contributed by atoms with E-state index in [0.717, 1.165) is 59.2 Å². The van der Waals surface area contributed by atoms with E-state index in [-0.39, 0.29) is 61.5 Å². The number of ketones is 1. The average molecular weight is 818 g/mol. The first kappa shape index (κ1) is 43.1. The summed E-state index contributed by atoms with van der Waals surface area (Å²) in [4.78, 5) is 41.1. The molecule has 0 amide bonds. The molecule has 3 aromatic rings. The number of phenols is 1. The number of hydrogen-bond donors (Lipinski definition) is 5. The van der Waals surface area contributed by atoms with Crippen molar-refractivity contribution in [3.05, 3.63) is 99.1 Å². The van der Waals surface area contributed by atoms with E-state index >= 15 is 0 Å². The van der Waals surface area contributed by atoms with Gasteiger partial charge in [-0.15, -0.1) is 0 Å². The molecule has 1 fully saturated rings. The number of aryl methyl sites for hydroxylation is 1. The van der Waals surface area contributed by atoms with Gasteiger partial charge in [0.25, 0.3) is 0 Å². The van der Waals surface area contributed by atoms with Gasteiger partial charge in [-0.1, -0.05) is 68.0 Å². The van der Waals surface area contributed by atoms with Crippen molar-refractivity contribution in [3.63, 3.8) is 0 Å². The number of aromatic hydroxyl groups is 1. The number of nitrogens with one attached hydrogen (secondary N) is 1. The zero-order valence-electron chi connectivity index (χ0n) is 35.1. The Morgan fingerprint density at radius 2 is 1.77 bits per heavy atom. The minimum Gasteiger partial charge on any atom is -0.508 e. The number of Topliss-reactive ketones (excluding diaryl/α,β-unsaturated/α-hetero) is 1. The van der Waals surface area contributed by atoms with Crippen LogP contribution in [0, 0.1) is 23.7 Å². The van der Waals surface area contributed by atoms with Crippen molar-refractivity contribution in [1.29, 1.82) is 0 Å². The molecule has 4 aliphatic rings. The van der Waals surface area contributed by atoms with Gasteiger partial charge in [0.05, 0.1) is 25.0 Å².